The number of nitro groups is 1. The van der Waals surface area contributed by atoms with Crippen LogP contribution in [0.5, 0.6) is 0 Å². The van der Waals surface area contributed by atoms with E-state index in [-0.39, 0.29) is 16.6 Å². The fraction of sp³-hybridized carbons (Fsp3) is 0.125. The Balaban J connectivity index is 1.95. The highest BCUT2D eigenvalue weighted by Gasteiger charge is 2.31. The summed E-state index contributed by atoms with van der Waals surface area (Å²) in [6.45, 7) is 2.35. The van der Waals surface area contributed by atoms with Crippen LogP contribution in [0.25, 0.3) is 17.4 Å². The van der Waals surface area contributed by atoms with E-state index in [1.807, 2.05) is 6.92 Å². The molecule has 2 heterocycles. The molecule has 0 radical (unpaired) electrons. The molecule has 9 heteroatoms. The molecule has 25 heavy (non-hydrogen) atoms. The lowest BCUT2D eigenvalue weighted by Crippen LogP contribution is -2.27. The van der Waals surface area contributed by atoms with Crippen molar-refractivity contribution in [1.82, 2.24) is 4.90 Å². The summed E-state index contributed by atoms with van der Waals surface area (Å²) >= 11 is 12.2. The third-order valence-corrected chi connectivity index (χ3v) is 5.12. The van der Waals surface area contributed by atoms with Crippen LogP contribution in [0.3, 0.4) is 0 Å². The Hall–Kier alpha value is -2.16. The molecule has 0 atom stereocenters. The maximum absolute atomic E-state index is 12.2. The highest BCUT2D eigenvalue weighted by Crippen LogP contribution is 2.36. The number of likely N-dealkylation sites (N-methyl/N-ethyl adjacent to an activating group) is 1. The van der Waals surface area contributed by atoms with Gasteiger partial charge in [0.25, 0.3) is 11.6 Å². The molecule has 1 aromatic carbocycles. The average Bonchev–Trinajstić information content (AvgIpc) is 3.12. The maximum Gasteiger partial charge on any atom is 0.281 e. The van der Waals surface area contributed by atoms with Gasteiger partial charge in [-0.25, -0.2) is 0 Å². The molecule has 6 nitrogen and oxygen atoms in total. The van der Waals surface area contributed by atoms with Crippen molar-refractivity contribution in [3.63, 3.8) is 0 Å². The minimum Gasteiger partial charge on any atom is -0.456 e. The summed E-state index contributed by atoms with van der Waals surface area (Å²) in [5, 5.41) is 11.5. The summed E-state index contributed by atoms with van der Waals surface area (Å²) < 4.78 is 6.16. The summed E-state index contributed by atoms with van der Waals surface area (Å²) in [6, 6.07) is 7.61. The lowest BCUT2D eigenvalue weighted by Gasteiger charge is -2.09. The van der Waals surface area contributed by atoms with Crippen LogP contribution in [0, 0.1) is 10.1 Å². The van der Waals surface area contributed by atoms with E-state index in [9.17, 15) is 14.9 Å². The first-order valence-corrected chi connectivity index (χ1v) is 8.80. The van der Waals surface area contributed by atoms with Crippen molar-refractivity contribution < 1.29 is 14.1 Å². The smallest absolute Gasteiger partial charge is 0.281 e. The molecule has 1 fully saturated rings. The van der Waals surface area contributed by atoms with Crippen molar-refractivity contribution in [3.05, 3.63) is 56.1 Å². The number of thioether (sulfide) groups is 1. The first kappa shape index (κ1) is 17.7. The molecular weight excluding hydrogens is 384 g/mol. The predicted octanol–water partition coefficient (Wildman–Crippen LogP) is 4.73. The number of carbonyl (C=O) groups is 1. The van der Waals surface area contributed by atoms with E-state index in [1.165, 1.54) is 28.8 Å². The van der Waals surface area contributed by atoms with Gasteiger partial charge in [0.2, 0.25) is 0 Å². The zero-order valence-electron chi connectivity index (χ0n) is 12.9. The zero-order chi connectivity index (χ0) is 18.1. The summed E-state index contributed by atoms with van der Waals surface area (Å²) in [5.41, 5.74) is 0.167. The number of amides is 1. The molecule has 0 aliphatic carbocycles. The standard InChI is InChI=1S/C16H11ClN2O4S2/c1-2-18-15(20)14(25-16(18)24)8-10-4-6-13(23-10)11-5-3-9(17)7-12(11)19(21)22/h3-8H,2H2,1H3/b14-8-. The van der Waals surface area contributed by atoms with E-state index in [0.717, 1.165) is 0 Å². The molecule has 0 saturated carbocycles. The summed E-state index contributed by atoms with van der Waals surface area (Å²) in [6.07, 6.45) is 1.58. The molecule has 0 N–H and O–H groups in total. The predicted molar refractivity (Wildman–Crippen MR) is 101 cm³/mol. The van der Waals surface area contributed by atoms with Crippen molar-refractivity contribution in [3.8, 4) is 11.3 Å². The minimum absolute atomic E-state index is 0.147. The van der Waals surface area contributed by atoms with Gasteiger partial charge in [0.05, 0.1) is 15.4 Å². The van der Waals surface area contributed by atoms with Crippen molar-refractivity contribution in [2.45, 2.75) is 6.92 Å². The van der Waals surface area contributed by atoms with Crippen LogP contribution in [-0.4, -0.2) is 26.6 Å². The van der Waals surface area contributed by atoms with Crippen molar-refractivity contribution >= 4 is 57.6 Å². The molecule has 1 saturated heterocycles. The highest BCUT2D eigenvalue weighted by atomic mass is 35.5. The van der Waals surface area contributed by atoms with Crippen LogP contribution in [0.1, 0.15) is 12.7 Å². The molecular formula is C16H11ClN2O4S2. The number of hydrogen-bond acceptors (Lipinski definition) is 6. The van der Waals surface area contributed by atoms with Crippen LogP contribution in [0.2, 0.25) is 5.02 Å². The first-order chi connectivity index (χ1) is 11.9. The zero-order valence-corrected chi connectivity index (χ0v) is 15.3. The quantitative estimate of drug-likeness (QED) is 0.323. The Morgan fingerprint density at radius 3 is 2.80 bits per heavy atom. The highest BCUT2D eigenvalue weighted by molar-refractivity contribution is 8.26. The lowest BCUT2D eigenvalue weighted by molar-refractivity contribution is -0.384. The van der Waals surface area contributed by atoms with Crippen molar-refractivity contribution in [2.75, 3.05) is 6.54 Å². The molecule has 0 spiro atoms. The van der Waals surface area contributed by atoms with Crippen LogP contribution in [0.4, 0.5) is 5.69 Å². The second-order valence-electron chi connectivity index (χ2n) is 5.05. The number of hydrogen-bond donors (Lipinski definition) is 0. The molecule has 128 valence electrons. The largest absolute Gasteiger partial charge is 0.456 e. The third kappa shape index (κ3) is 3.46. The van der Waals surface area contributed by atoms with Crippen LogP contribution in [-0.2, 0) is 4.79 Å². The summed E-state index contributed by atoms with van der Waals surface area (Å²) in [5.74, 6) is 0.560. The third-order valence-electron chi connectivity index (χ3n) is 3.51. The Kier molecular flexibility index (Phi) is 4.94. The van der Waals surface area contributed by atoms with E-state index in [0.29, 0.717) is 32.9 Å². The number of nitrogens with zero attached hydrogens (tertiary/aromatic N) is 2. The maximum atomic E-state index is 12.2. The molecule has 1 aliphatic heterocycles. The second-order valence-corrected chi connectivity index (χ2v) is 7.16. The van der Waals surface area contributed by atoms with E-state index < -0.39 is 4.92 Å². The van der Waals surface area contributed by atoms with E-state index >= 15 is 0 Å². The topological polar surface area (TPSA) is 76.6 Å². The Bertz CT molecular complexity index is 923. The number of carbonyl (C=O) groups excluding carboxylic acids is 1. The fourth-order valence-corrected chi connectivity index (χ4v) is 3.87. The Morgan fingerprint density at radius 2 is 2.16 bits per heavy atom. The lowest BCUT2D eigenvalue weighted by atomic mass is 10.1. The Labute approximate surface area is 157 Å². The van der Waals surface area contributed by atoms with Crippen LogP contribution >= 0.6 is 35.6 Å². The monoisotopic (exact) mass is 394 g/mol. The molecule has 0 bridgehead atoms. The second kappa shape index (κ2) is 6.99. The van der Waals surface area contributed by atoms with Crippen molar-refractivity contribution in [1.29, 1.82) is 0 Å². The minimum atomic E-state index is -0.518. The van der Waals surface area contributed by atoms with E-state index in [2.05, 4.69) is 0 Å². The molecule has 1 aliphatic rings. The number of benzene rings is 1. The van der Waals surface area contributed by atoms with Gasteiger partial charge in [0.1, 0.15) is 15.8 Å². The molecule has 0 unspecified atom stereocenters. The van der Waals surface area contributed by atoms with Gasteiger partial charge in [-0.3, -0.25) is 19.8 Å². The van der Waals surface area contributed by atoms with E-state index in [1.54, 1.807) is 24.3 Å². The number of rotatable bonds is 4. The normalized spacial score (nSPS) is 16.1. The average molecular weight is 395 g/mol. The first-order valence-electron chi connectivity index (χ1n) is 7.20. The van der Waals surface area contributed by atoms with Crippen LogP contribution in [0.15, 0.2) is 39.7 Å². The van der Waals surface area contributed by atoms with Gasteiger partial charge in [-0.1, -0.05) is 35.6 Å². The Morgan fingerprint density at radius 1 is 1.40 bits per heavy atom. The van der Waals surface area contributed by atoms with Gasteiger partial charge < -0.3 is 4.42 Å². The van der Waals surface area contributed by atoms with Gasteiger partial charge in [0, 0.05) is 23.7 Å². The van der Waals surface area contributed by atoms with Gasteiger partial charge in [-0.2, -0.15) is 0 Å². The molecule has 3 rings (SSSR count). The molecule has 1 aromatic heterocycles. The number of halogens is 1. The molecule has 2 aromatic rings. The van der Waals surface area contributed by atoms with Gasteiger partial charge >= 0.3 is 0 Å². The van der Waals surface area contributed by atoms with Gasteiger partial charge in [0.15, 0.2) is 0 Å². The van der Waals surface area contributed by atoms with Crippen LogP contribution < -0.4 is 0 Å². The number of nitro benzene ring substituents is 1. The number of furan rings is 1. The summed E-state index contributed by atoms with van der Waals surface area (Å²) in [4.78, 5) is 24.9. The van der Waals surface area contributed by atoms with Gasteiger partial charge in [-0.15, -0.1) is 0 Å². The van der Waals surface area contributed by atoms with E-state index in [4.69, 9.17) is 28.2 Å². The van der Waals surface area contributed by atoms with Crippen molar-refractivity contribution in [2.24, 2.45) is 0 Å². The fourth-order valence-electron chi connectivity index (χ4n) is 2.34. The van der Waals surface area contributed by atoms with Gasteiger partial charge in [-0.05, 0) is 31.2 Å². The summed E-state index contributed by atoms with van der Waals surface area (Å²) in [7, 11) is 0. The number of thiocarbonyl (C=S) groups is 1. The molecule has 1 amide bonds. The SMILES string of the molecule is CCN1C(=O)/C(=C/c2ccc(-c3ccc(Cl)cc3[N+](=O)[O-])o2)SC1=S.